The number of methoxy groups -OCH3 is 1. The van der Waals surface area contributed by atoms with Crippen molar-refractivity contribution in [1.29, 1.82) is 0 Å². The molecule has 1 heterocycles. The number of amides is 1. The molecule has 4 rings (SSSR count). The number of carbonyl (C=O) groups is 2. The molecule has 162 valence electrons. The summed E-state index contributed by atoms with van der Waals surface area (Å²) in [6.07, 6.45) is 0. The maximum atomic E-state index is 14.9. The Labute approximate surface area is 189 Å². The van der Waals surface area contributed by atoms with Gasteiger partial charge in [0.1, 0.15) is 17.3 Å². The molecule has 7 heteroatoms. The number of carbonyl (C=O) groups excluding carboxylic acids is 2. The van der Waals surface area contributed by atoms with Gasteiger partial charge in [-0.1, -0.05) is 47.5 Å². The first-order valence-electron chi connectivity index (χ1n) is 9.79. The highest BCUT2D eigenvalue weighted by atomic mass is 35.5. The van der Waals surface area contributed by atoms with Gasteiger partial charge in [-0.3, -0.25) is 14.5 Å². The second kappa shape index (κ2) is 8.48. The van der Waals surface area contributed by atoms with Gasteiger partial charge < -0.3 is 9.84 Å². The van der Waals surface area contributed by atoms with Crippen molar-refractivity contribution in [3.8, 4) is 5.75 Å². The number of hydrogen-bond donors (Lipinski definition) is 1. The molecule has 0 aromatic heterocycles. The number of anilines is 1. The summed E-state index contributed by atoms with van der Waals surface area (Å²) in [5.41, 5.74) is 1.18. The van der Waals surface area contributed by atoms with Crippen LogP contribution in [0.3, 0.4) is 0 Å². The molecular weight excluding hydrogens is 433 g/mol. The number of nitrogens with zero attached hydrogens (tertiary/aromatic N) is 1. The first-order chi connectivity index (χ1) is 15.3. The van der Waals surface area contributed by atoms with Crippen molar-refractivity contribution in [2.24, 2.45) is 0 Å². The fraction of sp³-hybridized carbons (Fsp3) is 0.120. The number of Topliss-reactive ketones (excluding diaryl/α,β-unsaturated/α-hetero) is 1. The molecule has 1 N–H and O–H groups in total. The Bertz CT molecular complexity index is 1270. The summed E-state index contributed by atoms with van der Waals surface area (Å²) in [4.78, 5) is 27.4. The van der Waals surface area contributed by atoms with E-state index in [1.165, 1.54) is 31.4 Å². The van der Waals surface area contributed by atoms with Gasteiger partial charge in [0, 0.05) is 16.3 Å². The fourth-order valence-electron chi connectivity index (χ4n) is 3.87. The molecule has 1 amide bonds. The normalized spacial score (nSPS) is 17.6. The standard InChI is InChI=1S/C25H19ClFNO4/c1-14-10-11-20(32-2)18(12-14)23(29)21-22(17-8-3-4-9-19(17)27)28(25(31)24(21)30)16-7-5-6-15(26)13-16/h3-13,22,29H,1-2H3/b23-21+. The van der Waals surface area contributed by atoms with Gasteiger partial charge in [0.05, 0.1) is 24.3 Å². The highest BCUT2D eigenvalue weighted by molar-refractivity contribution is 6.51. The molecule has 1 saturated heterocycles. The van der Waals surface area contributed by atoms with Gasteiger partial charge in [0.2, 0.25) is 0 Å². The number of aliphatic hydroxyl groups is 1. The number of benzene rings is 3. The quantitative estimate of drug-likeness (QED) is 0.326. The minimum atomic E-state index is -1.19. The van der Waals surface area contributed by atoms with Crippen molar-refractivity contribution in [1.82, 2.24) is 0 Å². The summed E-state index contributed by atoms with van der Waals surface area (Å²) in [6, 6.07) is 16.0. The van der Waals surface area contributed by atoms with Gasteiger partial charge in [0.15, 0.2) is 0 Å². The van der Waals surface area contributed by atoms with E-state index in [4.69, 9.17) is 16.3 Å². The zero-order chi connectivity index (χ0) is 23.0. The van der Waals surface area contributed by atoms with Crippen LogP contribution in [0.25, 0.3) is 5.76 Å². The zero-order valence-electron chi connectivity index (χ0n) is 17.3. The number of halogens is 2. The van der Waals surface area contributed by atoms with Crippen molar-refractivity contribution in [2.45, 2.75) is 13.0 Å². The fourth-order valence-corrected chi connectivity index (χ4v) is 4.05. The van der Waals surface area contributed by atoms with Crippen molar-refractivity contribution in [3.63, 3.8) is 0 Å². The molecule has 0 aliphatic carbocycles. The predicted octanol–water partition coefficient (Wildman–Crippen LogP) is 5.42. The summed E-state index contributed by atoms with van der Waals surface area (Å²) in [6.45, 7) is 1.81. The Hall–Kier alpha value is -3.64. The smallest absolute Gasteiger partial charge is 0.300 e. The second-order valence-corrected chi connectivity index (χ2v) is 7.81. The van der Waals surface area contributed by atoms with Gasteiger partial charge in [-0.15, -0.1) is 0 Å². The van der Waals surface area contributed by atoms with Crippen molar-refractivity contribution in [2.75, 3.05) is 12.0 Å². The average molecular weight is 452 g/mol. The van der Waals surface area contributed by atoms with Gasteiger partial charge >= 0.3 is 0 Å². The molecule has 32 heavy (non-hydrogen) atoms. The number of aliphatic hydroxyl groups excluding tert-OH is 1. The number of aryl methyl sites for hydroxylation is 1. The lowest BCUT2D eigenvalue weighted by Gasteiger charge is -2.26. The number of ketones is 1. The van der Waals surface area contributed by atoms with Crippen molar-refractivity contribution < 1.29 is 23.8 Å². The Kier molecular flexibility index (Phi) is 5.72. The SMILES string of the molecule is COc1ccc(C)cc1/C(O)=C1\C(=O)C(=O)N(c2cccc(Cl)c2)C1c1ccccc1F. The van der Waals surface area contributed by atoms with Crippen LogP contribution < -0.4 is 9.64 Å². The molecule has 5 nitrogen and oxygen atoms in total. The van der Waals surface area contributed by atoms with E-state index in [9.17, 15) is 19.1 Å². The highest BCUT2D eigenvalue weighted by Crippen LogP contribution is 2.44. The minimum absolute atomic E-state index is 0.0693. The molecule has 0 bridgehead atoms. The topological polar surface area (TPSA) is 66.8 Å². The lowest BCUT2D eigenvalue weighted by Crippen LogP contribution is -2.29. The van der Waals surface area contributed by atoms with E-state index in [0.29, 0.717) is 16.5 Å². The Morgan fingerprint density at radius 2 is 1.81 bits per heavy atom. The average Bonchev–Trinajstić information content (AvgIpc) is 3.04. The van der Waals surface area contributed by atoms with Crippen LogP contribution in [0.15, 0.2) is 72.3 Å². The van der Waals surface area contributed by atoms with Crippen LogP contribution in [-0.4, -0.2) is 23.9 Å². The molecular formula is C25H19ClFNO4. The lowest BCUT2D eigenvalue weighted by molar-refractivity contribution is -0.132. The van der Waals surface area contributed by atoms with Crippen molar-refractivity contribution in [3.05, 3.63) is 99.8 Å². The van der Waals surface area contributed by atoms with E-state index in [1.54, 1.807) is 42.5 Å². The van der Waals surface area contributed by atoms with E-state index in [2.05, 4.69) is 0 Å². The molecule has 1 aliphatic rings. The van der Waals surface area contributed by atoms with Crippen LogP contribution in [0.4, 0.5) is 10.1 Å². The molecule has 1 atom stereocenters. The maximum absolute atomic E-state index is 14.9. The molecule has 0 radical (unpaired) electrons. The van der Waals surface area contributed by atoms with E-state index in [1.807, 2.05) is 6.92 Å². The first kappa shape index (κ1) is 21.6. The number of hydrogen-bond acceptors (Lipinski definition) is 4. The molecule has 3 aromatic rings. The lowest BCUT2D eigenvalue weighted by atomic mass is 9.94. The molecule has 0 spiro atoms. The summed E-state index contributed by atoms with van der Waals surface area (Å²) in [5.74, 6) is -2.57. The highest BCUT2D eigenvalue weighted by Gasteiger charge is 2.48. The van der Waals surface area contributed by atoms with Crippen LogP contribution in [-0.2, 0) is 9.59 Å². The van der Waals surface area contributed by atoms with Gasteiger partial charge in [0.25, 0.3) is 11.7 Å². The third kappa shape index (κ3) is 3.63. The molecule has 0 saturated carbocycles. The minimum Gasteiger partial charge on any atom is -0.507 e. The third-order valence-corrected chi connectivity index (χ3v) is 5.58. The third-order valence-electron chi connectivity index (χ3n) is 5.34. The van der Waals surface area contributed by atoms with Crippen molar-refractivity contribution >= 4 is 34.7 Å². The first-order valence-corrected chi connectivity index (χ1v) is 10.2. The van der Waals surface area contributed by atoms with Gasteiger partial charge in [-0.2, -0.15) is 0 Å². The summed E-state index contributed by atoms with van der Waals surface area (Å²) >= 11 is 6.11. The monoisotopic (exact) mass is 451 g/mol. The van der Waals surface area contributed by atoms with Crippen LogP contribution in [0.5, 0.6) is 5.75 Å². The maximum Gasteiger partial charge on any atom is 0.300 e. The predicted molar refractivity (Wildman–Crippen MR) is 120 cm³/mol. The van der Waals surface area contributed by atoms with Gasteiger partial charge in [-0.05, 0) is 43.3 Å². The summed E-state index contributed by atoms with van der Waals surface area (Å²) in [5, 5.41) is 11.6. The molecule has 1 unspecified atom stereocenters. The Morgan fingerprint density at radius 1 is 1.06 bits per heavy atom. The summed E-state index contributed by atoms with van der Waals surface area (Å²) in [7, 11) is 1.43. The molecule has 1 fully saturated rings. The number of ether oxygens (including phenoxy) is 1. The van der Waals surface area contributed by atoms with Crippen LogP contribution in [0, 0.1) is 12.7 Å². The Morgan fingerprint density at radius 3 is 2.50 bits per heavy atom. The summed E-state index contributed by atoms with van der Waals surface area (Å²) < 4.78 is 20.2. The Balaban J connectivity index is 2.02. The van der Waals surface area contributed by atoms with Crippen LogP contribution >= 0.6 is 11.6 Å². The van der Waals surface area contributed by atoms with Crippen LogP contribution in [0.1, 0.15) is 22.7 Å². The van der Waals surface area contributed by atoms with E-state index < -0.39 is 29.3 Å². The second-order valence-electron chi connectivity index (χ2n) is 7.37. The van der Waals surface area contributed by atoms with Gasteiger partial charge in [-0.25, -0.2) is 4.39 Å². The van der Waals surface area contributed by atoms with Crippen LogP contribution in [0.2, 0.25) is 5.02 Å². The molecule has 1 aliphatic heterocycles. The number of rotatable bonds is 4. The van der Waals surface area contributed by atoms with E-state index >= 15 is 0 Å². The largest absolute Gasteiger partial charge is 0.507 e. The van der Waals surface area contributed by atoms with E-state index in [0.717, 1.165) is 10.5 Å². The van der Waals surface area contributed by atoms with E-state index in [-0.39, 0.29) is 16.7 Å². The molecule has 3 aromatic carbocycles. The zero-order valence-corrected chi connectivity index (χ0v) is 18.1.